The number of nitrogens with zero attached hydrogens (tertiary/aromatic N) is 3. The molecule has 25 heavy (non-hydrogen) atoms. The maximum atomic E-state index is 12.2. The van der Waals surface area contributed by atoms with Crippen molar-refractivity contribution in [3.8, 4) is 28.8 Å². The predicted molar refractivity (Wildman–Crippen MR) is 90.6 cm³/mol. The van der Waals surface area contributed by atoms with Crippen LogP contribution in [-0.2, 0) is 0 Å². The molecule has 0 atom stereocenters. The van der Waals surface area contributed by atoms with Gasteiger partial charge in [-0.3, -0.25) is 0 Å². The van der Waals surface area contributed by atoms with Crippen LogP contribution in [0.25, 0.3) is 11.3 Å². The second-order valence-electron chi connectivity index (χ2n) is 5.14. The van der Waals surface area contributed by atoms with Crippen molar-refractivity contribution >= 4 is 17.4 Å². The molecule has 0 radical (unpaired) electrons. The lowest BCUT2D eigenvalue weighted by Gasteiger charge is -2.19. The number of ether oxygens (including phenoxy) is 1. The number of aromatic nitrogens is 2. The molecule has 2 aromatic rings. The van der Waals surface area contributed by atoms with E-state index in [1.54, 1.807) is 6.92 Å². The molecule has 0 fully saturated rings. The second-order valence-corrected chi connectivity index (χ2v) is 5.48. The van der Waals surface area contributed by atoms with Gasteiger partial charge in [-0.15, -0.1) is 19.1 Å². The molecule has 0 saturated carbocycles. The fourth-order valence-electron chi connectivity index (χ4n) is 2.22. The topological polar surface area (TPSA) is 38.2 Å². The van der Waals surface area contributed by atoms with Crippen molar-refractivity contribution in [2.24, 2.45) is 0 Å². The minimum Gasteiger partial charge on any atom is -0.406 e. The molecule has 132 valence electrons. The van der Waals surface area contributed by atoms with E-state index in [1.807, 2.05) is 18.9 Å². The Kier molecular flexibility index (Phi) is 5.75. The third kappa shape index (κ3) is 5.00. The highest BCUT2D eigenvalue weighted by Gasteiger charge is 2.31. The minimum atomic E-state index is -4.73. The quantitative estimate of drug-likeness (QED) is 0.589. The summed E-state index contributed by atoms with van der Waals surface area (Å²) in [5.41, 5.74) is 1.88. The van der Waals surface area contributed by atoms with Crippen LogP contribution in [0.5, 0.6) is 5.75 Å². The Morgan fingerprint density at radius 1 is 1.20 bits per heavy atom. The molecule has 0 unspecified atom stereocenters. The van der Waals surface area contributed by atoms with Gasteiger partial charge in [-0.25, -0.2) is 9.97 Å². The van der Waals surface area contributed by atoms with E-state index in [2.05, 4.69) is 26.5 Å². The second kappa shape index (κ2) is 7.62. The Bertz CT molecular complexity index is 811. The van der Waals surface area contributed by atoms with Crippen LogP contribution in [0.4, 0.5) is 19.0 Å². The molecular weight excluding hydrogens is 355 g/mol. The van der Waals surface area contributed by atoms with E-state index in [-0.39, 0.29) is 11.0 Å². The third-order valence-corrected chi connectivity index (χ3v) is 3.48. The van der Waals surface area contributed by atoms with Crippen LogP contribution < -0.4 is 9.64 Å². The first kappa shape index (κ1) is 18.9. The first-order valence-corrected chi connectivity index (χ1v) is 7.60. The number of hydrogen-bond acceptors (Lipinski definition) is 4. The molecular formula is C17H15ClF3N3O. The standard InChI is InChI=1S/C17H15ClF3N3O/c1-4-5-10-24(3)15-11(2)14(22-16(18)23-15)12-6-8-13(9-7-12)25-17(19,20)21/h6-9H,10H2,1-3H3. The fourth-order valence-corrected chi connectivity index (χ4v) is 2.38. The van der Waals surface area contributed by atoms with Crippen LogP contribution in [0.2, 0.25) is 5.28 Å². The van der Waals surface area contributed by atoms with Gasteiger partial charge in [0.25, 0.3) is 0 Å². The number of rotatable bonds is 4. The van der Waals surface area contributed by atoms with Crippen LogP contribution >= 0.6 is 11.6 Å². The molecule has 0 N–H and O–H groups in total. The number of alkyl halides is 3. The molecule has 1 aromatic carbocycles. The lowest BCUT2D eigenvalue weighted by Crippen LogP contribution is -2.20. The molecule has 4 nitrogen and oxygen atoms in total. The van der Waals surface area contributed by atoms with Crippen LogP contribution in [0.15, 0.2) is 24.3 Å². The molecule has 0 spiro atoms. The highest BCUT2D eigenvalue weighted by molar-refractivity contribution is 6.28. The number of hydrogen-bond donors (Lipinski definition) is 0. The van der Waals surface area contributed by atoms with Gasteiger partial charge in [-0.05, 0) is 49.7 Å². The van der Waals surface area contributed by atoms with Gasteiger partial charge in [0.15, 0.2) is 0 Å². The molecule has 1 aromatic heterocycles. The molecule has 0 saturated heterocycles. The monoisotopic (exact) mass is 369 g/mol. The zero-order chi connectivity index (χ0) is 18.6. The molecule has 8 heteroatoms. The molecule has 0 amide bonds. The Morgan fingerprint density at radius 2 is 1.84 bits per heavy atom. The maximum Gasteiger partial charge on any atom is 0.573 e. The normalized spacial score (nSPS) is 10.8. The highest BCUT2D eigenvalue weighted by atomic mass is 35.5. The van der Waals surface area contributed by atoms with E-state index < -0.39 is 6.36 Å². The molecule has 0 aliphatic heterocycles. The van der Waals surface area contributed by atoms with Crippen molar-refractivity contribution in [1.29, 1.82) is 0 Å². The molecule has 1 heterocycles. The maximum absolute atomic E-state index is 12.2. The third-order valence-electron chi connectivity index (χ3n) is 3.31. The summed E-state index contributed by atoms with van der Waals surface area (Å²) in [6.45, 7) is 4.02. The highest BCUT2D eigenvalue weighted by Crippen LogP contribution is 2.31. The molecule has 0 bridgehead atoms. The summed E-state index contributed by atoms with van der Waals surface area (Å²) in [6, 6.07) is 5.43. The van der Waals surface area contributed by atoms with Gasteiger partial charge in [0.05, 0.1) is 12.2 Å². The van der Waals surface area contributed by atoms with Crippen molar-refractivity contribution in [3.05, 3.63) is 35.1 Å². The summed E-state index contributed by atoms with van der Waals surface area (Å²) in [6.07, 6.45) is -4.73. The van der Waals surface area contributed by atoms with E-state index >= 15 is 0 Å². The minimum absolute atomic E-state index is 0.0440. The van der Waals surface area contributed by atoms with Gasteiger partial charge in [-0.2, -0.15) is 0 Å². The zero-order valence-corrected chi connectivity index (χ0v) is 14.5. The summed E-state index contributed by atoms with van der Waals surface area (Å²) in [7, 11) is 1.82. The van der Waals surface area contributed by atoms with Crippen molar-refractivity contribution < 1.29 is 17.9 Å². The summed E-state index contributed by atoms with van der Waals surface area (Å²) in [4.78, 5) is 10.2. The summed E-state index contributed by atoms with van der Waals surface area (Å²) in [5.74, 6) is 6.03. The molecule has 0 aliphatic rings. The van der Waals surface area contributed by atoms with Crippen LogP contribution in [0, 0.1) is 18.8 Å². The van der Waals surface area contributed by atoms with Crippen molar-refractivity contribution in [2.75, 3.05) is 18.5 Å². The zero-order valence-electron chi connectivity index (χ0n) is 13.8. The van der Waals surface area contributed by atoms with E-state index in [1.165, 1.54) is 24.3 Å². The van der Waals surface area contributed by atoms with Gasteiger partial charge < -0.3 is 9.64 Å². The van der Waals surface area contributed by atoms with Gasteiger partial charge in [0.2, 0.25) is 5.28 Å². The van der Waals surface area contributed by atoms with E-state index in [9.17, 15) is 13.2 Å². The van der Waals surface area contributed by atoms with Crippen molar-refractivity contribution in [1.82, 2.24) is 9.97 Å². The van der Waals surface area contributed by atoms with Gasteiger partial charge in [-0.1, -0.05) is 5.92 Å². The van der Waals surface area contributed by atoms with Gasteiger partial charge in [0.1, 0.15) is 11.6 Å². The predicted octanol–water partition coefficient (Wildman–Crippen LogP) is 4.46. The molecule has 2 rings (SSSR count). The first-order chi connectivity index (χ1) is 11.7. The van der Waals surface area contributed by atoms with Crippen molar-refractivity contribution in [2.45, 2.75) is 20.2 Å². The van der Waals surface area contributed by atoms with Crippen LogP contribution in [0.1, 0.15) is 12.5 Å². The fraction of sp³-hybridized carbons (Fsp3) is 0.294. The summed E-state index contributed by atoms with van der Waals surface area (Å²) in [5, 5.41) is 0.0440. The number of benzene rings is 1. The van der Waals surface area contributed by atoms with Crippen molar-refractivity contribution in [3.63, 3.8) is 0 Å². The number of halogens is 4. The number of anilines is 1. The molecule has 0 aliphatic carbocycles. The van der Waals surface area contributed by atoms with Crippen LogP contribution in [-0.4, -0.2) is 29.9 Å². The Morgan fingerprint density at radius 3 is 2.40 bits per heavy atom. The summed E-state index contributed by atoms with van der Waals surface area (Å²) < 4.78 is 40.6. The lowest BCUT2D eigenvalue weighted by atomic mass is 10.1. The van der Waals surface area contributed by atoms with E-state index in [4.69, 9.17) is 11.6 Å². The SMILES string of the molecule is CC#CCN(C)c1nc(Cl)nc(-c2ccc(OC(F)(F)F)cc2)c1C. The average Bonchev–Trinajstić information content (AvgIpc) is 2.53. The van der Waals surface area contributed by atoms with E-state index in [0.29, 0.717) is 23.6 Å². The Balaban J connectivity index is 2.38. The lowest BCUT2D eigenvalue weighted by molar-refractivity contribution is -0.274. The van der Waals surface area contributed by atoms with E-state index in [0.717, 1.165) is 5.56 Å². The Hall–Kier alpha value is -2.46. The average molecular weight is 370 g/mol. The smallest absolute Gasteiger partial charge is 0.406 e. The van der Waals surface area contributed by atoms with Crippen LogP contribution in [0.3, 0.4) is 0 Å². The van der Waals surface area contributed by atoms with Gasteiger partial charge >= 0.3 is 6.36 Å². The van der Waals surface area contributed by atoms with Gasteiger partial charge in [0, 0.05) is 18.2 Å². The summed E-state index contributed by atoms with van der Waals surface area (Å²) >= 11 is 6.01. The Labute approximate surface area is 148 Å². The first-order valence-electron chi connectivity index (χ1n) is 7.22. The largest absolute Gasteiger partial charge is 0.573 e.